The standard InChI is InChI=1S/C16H13N5O2S/c17-9-13-4-6-14(7-5-13)12-24(22,23)20-15-10-19-21(11-15)16-3-1-2-8-18-16/h1-8,10-11,20H,12H2. The molecule has 0 fully saturated rings. The molecule has 120 valence electrons. The maximum Gasteiger partial charge on any atom is 0.237 e. The van der Waals surface area contributed by atoms with Crippen molar-refractivity contribution >= 4 is 15.7 Å². The van der Waals surface area contributed by atoms with Crippen LogP contribution in [-0.4, -0.2) is 23.2 Å². The van der Waals surface area contributed by atoms with Crippen LogP contribution in [0.2, 0.25) is 0 Å². The number of nitriles is 1. The van der Waals surface area contributed by atoms with Gasteiger partial charge < -0.3 is 0 Å². The van der Waals surface area contributed by atoms with Crippen molar-refractivity contribution < 1.29 is 8.42 Å². The molecule has 24 heavy (non-hydrogen) atoms. The van der Waals surface area contributed by atoms with Gasteiger partial charge in [0.15, 0.2) is 5.82 Å². The Morgan fingerprint density at radius 3 is 2.62 bits per heavy atom. The second kappa shape index (κ2) is 6.52. The van der Waals surface area contributed by atoms with Crippen LogP contribution in [0.4, 0.5) is 5.69 Å². The van der Waals surface area contributed by atoms with Gasteiger partial charge in [-0.25, -0.2) is 18.1 Å². The van der Waals surface area contributed by atoms with E-state index < -0.39 is 10.0 Å². The van der Waals surface area contributed by atoms with E-state index in [-0.39, 0.29) is 5.75 Å². The van der Waals surface area contributed by atoms with E-state index in [0.29, 0.717) is 22.6 Å². The molecule has 0 aliphatic rings. The van der Waals surface area contributed by atoms with Crippen LogP contribution in [0, 0.1) is 11.3 Å². The second-order valence-electron chi connectivity index (χ2n) is 5.03. The van der Waals surface area contributed by atoms with Crippen molar-refractivity contribution in [3.05, 3.63) is 72.2 Å². The SMILES string of the molecule is N#Cc1ccc(CS(=O)(=O)Nc2cnn(-c3ccccn3)c2)cc1. The van der Waals surface area contributed by atoms with Gasteiger partial charge in [-0.2, -0.15) is 10.4 Å². The molecular formula is C16H13N5O2S. The quantitative estimate of drug-likeness (QED) is 0.767. The number of nitrogens with zero attached hydrogens (tertiary/aromatic N) is 4. The van der Waals surface area contributed by atoms with Gasteiger partial charge in [0.2, 0.25) is 10.0 Å². The zero-order chi connectivity index (χ0) is 17.0. The van der Waals surface area contributed by atoms with Gasteiger partial charge in [-0.15, -0.1) is 0 Å². The summed E-state index contributed by atoms with van der Waals surface area (Å²) in [5.41, 5.74) is 1.44. The first kappa shape index (κ1) is 15.7. The Bertz CT molecular complexity index is 973. The molecule has 3 aromatic rings. The van der Waals surface area contributed by atoms with E-state index in [9.17, 15) is 8.42 Å². The number of aromatic nitrogens is 3. The first-order valence-corrected chi connectivity index (χ1v) is 8.66. The lowest BCUT2D eigenvalue weighted by molar-refractivity contribution is 0.600. The van der Waals surface area contributed by atoms with Gasteiger partial charge in [0.25, 0.3) is 0 Å². The third kappa shape index (κ3) is 3.77. The van der Waals surface area contributed by atoms with Crippen LogP contribution < -0.4 is 4.72 Å². The van der Waals surface area contributed by atoms with Crippen molar-refractivity contribution in [2.75, 3.05) is 4.72 Å². The van der Waals surface area contributed by atoms with E-state index in [4.69, 9.17) is 5.26 Å². The fourth-order valence-corrected chi connectivity index (χ4v) is 3.27. The molecule has 0 aliphatic carbocycles. The Kier molecular flexibility index (Phi) is 4.26. The Balaban J connectivity index is 1.72. The summed E-state index contributed by atoms with van der Waals surface area (Å²) in [7, 11) is -3.58. The summed E-state index contributed by atoms with van der Waals surface area (Å²) in [6, 6.07) is 13.8. The second-order valence-corrected chi connectivity index (χ2v) is 6.75. The number of hydrogen-bond donors (Lipinski definition) is 1. The number of anilines is 1. The monoisotopic (exact) mass is 339 g/mol. The molecular weight excluding hydrogens is 326 g/mol. The van der Waals surface area contributed by atoms with Crippen molar-refractivity contribution in [3.8, 4) is 11.9 Å². The van der Waals surface area contributed by atoms with Crippen LogP contribution in [0.3, 0.4) is 0 Å². The van der Waals surface area contributed by atoms with Gasteiger partial charge in [-0.3, -0.25) is 4.72 Å². The molecule has 0 radical (unpaired) electrons. The molecule has 7 nitrogen and oxygen atoms in total. The molecule has 1 aromatic carbocycles. The number of nitrogens with one attached hydrogen (secondary N) is 1. The fraction of sp³-hybridized carbons (Fsp3) is 0.0625. The van der Waals surface area contributed by atoms with Crippen molar-refractivity contribution in [3.63, 3.8) is 0 Å². The molecule has 2 heterocycles. The summed E-state index contributed by atoms with van der Waals surface area (Å²) in [6.45, 7) is 0. The number of hydrogen-bond acceptors (Lipinski definition) is 5. The van der Waals surface area contributed by atoms with Gasteiger partial charge in [-0.05, 0) is 29.8 Å². The number of benzene rings is 1. The molecule has 0 bridgehead atoms. The molecule has 2 aromatic heterocycles. The van der Waals surface area contributed by atoms with Crippen molar-refractivity contribution in [1.29, 1.82) is 5.26 Å². The smallest absolute Gasteiger partial charge is 0.237 e. The van der Waals surface area contributed by atoms with Gasteiger partial charge in [0, 0.05) is 6.20 Å². The summed E-state index contributed by atoms with van der Waals surface area (Å²) < 4.78 is 28.4. The minimum Gasteiger partial charge on any atom is -0.280 e. The molecule has 0 amide bonds. The lowest BCUT2D eigenvalue weighted by Crippen LogP contribution is -2.14. The minimum absolute atomic E-state index is 0.187. The first-order valence-electron chi connectivity index (χ1n) is 7.01. The molecule has 3 rings (SSSR count). The summed E-state index contributed by atoms with van der Waals surface area (Å²) in [6.07, 6.45) is 4.61. The predicted molar refractivity (Wildman–Crippen MR) is 88.8 cm³/mol. The molecule has 0 aliphatic heterocycles. The third-order valence-corrected chi connectivity index (χ3v) is 4.44. The predicted octanol–water partition coefficient (Wildman–Crippen LogP) is 2.08. The fourth-order valence-electron chi connectivity index (χ4n) is 2.10. The zero-order valence-electron chi connectivity index (χ0n) is 12.5. The molecule has 0 unspecified atom stereocenters. The van der Waals surface area contributed by atoms with Gasteiger partial charge in [0.05, 0.1) is 35.5 Å². The summed E-state index contributed by atoms with van der Waals surface area (Å²) in [5, 5.41) is 12.8. The van der Waals surface area contributed by atoms with Gasteiger partial charge in [-0.1, -0.05) is 18.2 Å². The van der Waals surface area contributed by atoms with Crippen LogP contribution in [0.1, 0.15) is 11.1 Å². The van der Waals surface area contributed by atoms with Crippen LogP contribution in [0.15, 0.2) is 61.1 Å². The Morgan fingerprint density at radius 2 is 1.96 bits per heavy atom. The third-order valence-electron chi connectivity index (χ3n) is 3.18. The van der Waals surface area contributed by atoms with E-state index in [0.717, 1.165) is 0 Å². The van der Waals surface area contributed by atoms with Crippen LogP contribution in [0.5, 0.6) is 0 Å². The normalized spacial score (nSPS) is 11.0. The van der Waals surface area contributed by atoms with Crippen LogP contribution in [-0.2, 0) is 15.8 Å². The highest BCUT2D eigenvalue weighted by Crippen LogP contribution is 2.14. The highest BCUT2D eigenvalue weighted by Gasteiger charge is 2.13. The van der Waals surface area contributed by atoms with Crippen LogP contribution >= 0.6 is 0 Å². The Labute approximate surface area is 139 Å². The van der Waals surface area contributed by atoms with Crippen molar-refractivity contribution in [2.45, 2.75) is 5.75 Å². The van der Waals surface area contributed by atoms with Crippen molar-refractivity contribution in [1.82, 2.24) is 14.8 Å². The van der Waals surface area contributed by atoms with Crippen molar-refractivity contribution in [2.24, 2.45) is 0 Å². The zero-order valence-corrected chi connectivity index (χ0v) is 13.3. The van der Waals surface area contributed by atoms with E-state index in [1.165, 1.54) is 10.9 Å². The van der Waals surface area contributed by atoms with Crippen LogP contribution in [0.25, 0.3) is 5.82 Å². The molecule has 1 N–H and O–H groups in total. The largest absolute Gasteiger partial charge is 0.280 e. The highest BCUT2D eigenvalue weighted by molar-refractivity contribution is 7.91. The van der Waals surface area contributed by atoms with E-state index in [1.54, 1.807) is 48.8 Å². The molecule has 0 spiro atoms. The summed E-state index contributed by atoms with van der Waals surface area (Å²) >= 11 is 0. The van der Waals surface area contributed by atoms with Gasteiger partial charge >= 0.3 is 0 Å². The summed E-state index contributed by atoms with van der Waals surface area (Å²) in [5.74, 6) is 0.406. The Morgan fingerprint density at radius 1 is 1.17 bits per heavy atom. The number of sulfonamides is 1. The molecule has 8 heteroatoms. The lowest BCUT2D eigenvalue weighted by Gasteiger charge is -2.06. The topological polar surface area (TPSA) is 101 Å². The summed E-state index contributed by atoms with van der Waals surface area (Å²) in [4.78, 5) is 4.14. The average molecular weight is 339 g/mol. The maximum atomic E-state index is 12.2. The molecule has 0 atom stereocenters. The highest BCUT2D eigenvalue weighted by atomic mass is 32.2. The van der Waals surface area contributed by atoms with E-state index in [1.807, 2.05) is 12.1 Å². The van der Waals surface area contributed by atoms with Gasteiger partial charge in [0.1, 0.15) is 0 Å². The number of pyridine rings is 1. The average Bonchev–Trinajstić information content (AvgIpc) is 3.03. The maximum absolute atomic E-state index is 12.2. The number of rotatable bonds is 5. The first-order chi connectivity index (χ1) is 11.6. The van der Waals surface area contributed by atoms with E-state index in [2.05, 4.69) is 14.8 Å². The molecule has 0 saturated heterocycles. The Hall–Kier alpha value is -3.18. The lowest BCUT2D eigenvalue weighted by atomic mass is 10.2. The minimum atomic E-state index is -3.58. The molecule has 0 saturated carbocycles. The van der Waals surface area contributed by atoms with E-state index >= 15 is 0 Å².